The minimum atomic E-state index is -1.34. The van der Waals surface area contributed by atoms with Gasteiger partial charge in [-0.2, -0.15) is 5.12 Å². The number of nitrogens with zero attached hydrogens (tertiary/aromatic N) is 4. The van der Waals surface area contributed by atoms with Crippen LogP contribution in [0, 0.1) is 11.6 Å². The third-order valence-electron chi connectivity index (χ3n) is 7.19. The average Bonchev–Trinajstić information content (AvgIpc) is 3.27. The summed E-state index contributed by atoms with van der Waals surface area (Å²) in [5, 5.41) is 9.95. The Morgan fingerprint density at radius 3 is 2.67 bits per heavy atom. The number of ether oxygens (including phenoxy) is 2. The molecule has 1 unspecified atom stereocenters. The molecule has 6 rings (SSSR count). The molecule has 12 heteroatoms. The van der Waals surface area contributed by atoms with Crippen molar-refractivity contribution in [1.29, 1.82) is 0 Å². The number of carboxylic acids is 1. The molecule has 2 atom stereocenters. The number of imidazole rings is 1. The molecule has 1 aromatic heterocycles. The van der Waals surface area contributed by atoms with E-state index < -0.39 is 23.8 Å². The second-order valence-corrected chi connectivity index (χ2v) is 10.4. The summed E-state index contributed by atoms with van der Waals surface area (Å²) in [6.45, 7) is 0.973. The maximum Gasteiger partial charge on any atom is 0.335 e. The van der Waals surface area contributed by atoms with Gasteiger partial charge in [0.15, 0.2) is 6.17 Å². The highest BCUT2D eigenvalue weighted by atomic mass is 35.5. The Morgan fingerprint density at radius 1 is 1.12 bits per heavy atom. The van der Waals surface area contributed by atoms with Crippen molar-refractivity contribution >= 4 is 34.5 Å². The van der Waals surface area contributed by atoms with Crippen molar-refractivity contribution < 1.29 is 32.6 Å². The molecule has 2 aliphatic heterocycles. The van der Waals surface area contributed by atoms with Crippen LogP contribution in [-0.2, 0) is 29.0 Å². The Kier molecular flexibility index (Phi) is 7.61. The van der Waals surface area contributed by atoms with Crippen molar-refractivity contribution in [2.45, 2.75) is 38.3 Å². The van der Waals surface area contributed by atoms with Gasteiger partial charge < -0.3 is 19.1 Å². The molecule has 1 saturated heterocycles. The van der Waals surface area contributed by atoms with Gasteiger partial charge in [-0.05, 0) is 48.4 Å². The van der Waals surface area contributed by atoms with Gasteiger partial charge in [-0.1, -0.05) is 34.3 Å². The van der Waals surface area contributed by atoms with Crippen molar-refractivity contribution in [2.24, 2.45) is 4.99 Å². The van der Waals surface area contributed by atoms with E-state index in [0.717, 1.165) is 18.7 Å². The lowest BCUT2D eigenvalue weighted by Gasteiger charge is -2.27. The Labute approximate surface area is 243 Å². The number of fused-ring (bicyclic) bond motifs is 1. The third kappa shape index (κ3) is 5.70. The third-order valence-corrected chi connectivity index (χ3v) is 7.43. The number of hydrogen-bond acceptors (Lipinski definition) is 6. The summed E-state index contributed by atoms with van der Waals surface area (Å²) in [6.07, 6.45) is 2.09. The lowest BCUT2D eigenvalue weighted by atomic mass is 10.1. The summed E-state index contributed by atoms with van der Waals surface area (Å²) in [4.78, 5) is 20.4. The van der Waals surface area contributed by atoms with Crippen molar-refractivity contribution in [1.82, 2.24) is 14.7 Å². The number of rotatable bonds is 8. The number of aromatic nitrogens is 2. The lowest BCUT2D eigenvalue weighted by Crippen LogP contribution is -2.31. The van der Waals surface area contributed by atoms with Gasteiger partial charge in [-0.25, -0.2) is 23.6 Å². The average molecular weight is 597 g/mol. The fourth-order valence-corrected chi connectivity index (χ4v) is 5.02. The Hall–Kier alpha value is -4.35. The van der Waals surface area contributed by atoms with E-state index in [4.69, 9.17) is 21.1 Å². The van der Waals surface area contributed by atoms with Crippen molar-refractivity contribution in [3.63, 3.8) is 0 Å². The van der Waals surface area contributed by atoms with Crippen LogP contribution in [0.4, 0.5) is 13.3 Å². The highest BCUT2D eigenvalue weighted by molar-refractivity contribution is 6.30. The van der Waals surface area contributed by atoms with E-state index in [1.807, 2.05) is 4.57 Å². The first-order valence-corrected chi connectivity index (χ1v) is 13.5. The summed E-state index contributed by atoms with van der Waals surface area (Å²) < 4.78 is 57.2. The van der Waals surface area contributed by atoms with E-state index in [0.29, 0.717) is 35.6 Å². The number of carbonyl (C=O) groups is 1. The molecule has 2 aliphatic rings. The van der Waals surface area contributed by atoms with Crippen LogP contribution in [0.5, 0.6) is 0 Å². The zero-order valence-corrected chi connectivity index (χ0v) is 22.8. The van der Waals surface area contributed by atoms with Crippen LogP contribution >= 0.6 is 11.6 Å². The van der Waals surface area contributed by atoms with Crippen LogP contribution in [0.1, 0.15) is 45.5 Å². The molecular formula is C30H24ClF3N4O4. The monoisotopic (exact) mass is 596 g/mol. The Bertz CT molecular complexity index is 1740. The van der Waals surface area contributed by atoms with Gasteiger partial charge in [-0.15, -0.1) is 0 Å². The van der Waals surface area contributed by atoms with Crippen LogP contribution in [0.3, 0.4) is 0 Å². The first kappa shape index (κ1) is 27.8. The summed E-state index contributed by atoms with van der Waals surface area (Å²) in [5.74, 6) is -1.65. The van der Waals surface area contributed by atoms with E-state index in [1.165, 1.54) is 36.4 Å². The first-order chi connectivity index (χ1) is 20.2. The Balaban J connectivity index is 1.23. The second-order valence-electron chi connectivity index (χ2n) is 9.99. The van der Waals surface area contributed by atoms with Gasteiger partial charge in [0.05, 0.1) is 29.2 Å². The summed E-state index contributed by atoms with van der Waals surface area (Å²) >= 11 is 5.78. The van der Waals surface area contributed by atoms with Crippen molar-refractivity contribution in [3.8, 4) is 0 Å². The molecule has 8 nitrogen and oxygen atoms in total. The zero-order chi connectivity index (χ0) is 29.4. The summed E-state index contributed by atoms with van der Waals surface area (Å²) in [7, 11) is 0. The maximum absolute atomic E-state index is 15.4. The van der Waals surface area contributed by atoms with Crippen LogP contribution in [0.2, 0.25) is 5.02 Å². The largest absolute Gasteiger partial charge is 0.478 e. The molecule has 0 spiro atoms. The number of halogens is 4. The molecule has 1 fully saturated rings. The maximum atomic E-state index is 15.4. The van der Waals surface area contributed by atoms with Crippen molar-refractivity contribution in [2.75, 3.05) is 6.61 Å². The molecule has 0 aliphatic carbocycles. The number of aromatic carboxylic acids is 1. The highest BCUT2D eigenvalue weighted by Gasteiger charge is 2.26. The van der Waals surface area contributed by atoms with Crippen LogP contribution in [0.25, 0.3) is 11.0 Å². The Morgan fingerprint density at radius 2 is 1.95 bits per heavy atom. The molecule has 0 radical (unpaired) electrons. The van der Waals surface area contributed by atoms with E-state index >= 15 is 4.39 Å². The predicted octanol–water partition coefficient (Wildman–Crippen LogP) is 6.37. The van der Waals surface area contributed by atoms with Gasteiger partial charge >= 0.3 is 5.97 Å². The standard InChI is InChI=1S/C30H24ClF3N4O4/c31-20-4-2-19(23(32)14-20)16-42-28-7-9-38(34)29(36-28)22-5-1-17(11-24(22)33)12-27-35-25-6-3-18(30(39)40)13-26(25)37(27)15-21-8-10-41-21/h1-7,9,11,13-14,21,29H,8,10,12,15-16H2,(H,39,40)/t21-,29?/m0/s1. The van der Waals surface area contributed by atoms with Crippen molar-refractivity contribution in [3.05, 3.63) is 112 Å². The molecule has 3 aromatic carbocycles. The topological polar surface area (TPSA) is 89.2 Å². The molecule has 0 amide bonds. The highest BCUT2D eigenvalue weighted by Crippen LogP contribution is 2.30. The van der Waals surface area contributed by atoms with Crippen LogP contribution in [0.15, 0.2) is 71.9 Å². The quantitative estimate of drug-likeness (QED) is 0.238. The summed E-state index contributed by atoms with van der Waals surface area (Å²) in [5.41, 5.74) is 2.20. The zero-order valence-electron chi connectivity index (χ0n) is 22.0. The predicted molar refractivity (Wildman–Crippen MR) is 149 cm³/mol. The minimum absolute atomic E-state index is 0.0133. The molecular weight excluding hydrogens is 573 g/mol. The molecule has 42 heavy (non-hydrogen) atoms. The normalized spacial score (nSPS) is 18.2. The van der Waals surface area contributed by atoms with E-state index in [9.17, 15) is 18.8 Å². The number of carboxylic acid groups (broad SMARTS) is 1. The number of hydrogen-bond donors (Lipinski definition) is 1. The summed E-state index contributed by atoms with van der Waals surface area (Å²) in [6, 6.07) is 13.3. The molecule has 0 saturated carbocycles. The molecule has 216 valence electrons. The van der Waals surface area contributed by atoms with Crippen LogP contribution in [-0.4, -0.2) is 44.4 Å². The first-order valence-electron chi connectivity index (χ1n) is 13.1. The van der Waals surface area contributed by atoms with Gasteiger partial charge in [0.1, 0.15) is 24.1 Å². The molecule has 1 N–H and O–H groups in total. The second kappa shape index (κ2) is 11.5. The van der Waals surface area contributed by atoms with Gasteiger partial charge in [0.25, 0.3) is 0 Å². The fraction of sp³-hybridized carbons (Fsp3) is 0.233. The molecule has 4 aromatic rings. The van der Waals surface area contributed by atoms with Gasteiger partial charge in [0, 0.05) is 41.5 Å². The smallest absolute Gasteiger partial charge is 0.335 e. The fourth-order valence-electron chi connectivity index (χ4n) is 4.86. The van der Waals surface area contributed by atoms with Gasteiger partial charge in [0.2, 0.25) is 5.90 Å². The molecule has 0 bridgehead atoms. The van der Waals surface area contributed by atoms with Gasteiger partial charge in [-0.3, -0.25) is 0 Å². The lowest BCUT2D eigenvalue weighted by molar-refractivity contribution is -0.0589. The van der Waals surface area contributed by atoms with E-state index in [2.05, 4.69) is 9.98 Å². The number of aliphatic imine (C=N–C) groups is 1. The SMILES string of the molecule is O=C(O)c1ccc2nc(Cc3ccc(C4N=C(OCc5ccc(Cl)cc5F)C=CN4F)c(F)c3)n(C[C@@H]3CCO3)c2c1. The van der Waals surface area contributed by atoms with Crippen LogP contribution < -0.4 is 0 Å². The van der Waals surface area contributed by atoms with E-state index in [1.54, 1.807) is 18.2 Å². The minimum Gasteiger partial charge on any atom is -0.478 e. The molecule has 3 heterocycles. The number of benzene rings is 3. The van der Waals surface area contributed by atoms with E-state index in [-0.39, 0.29) is 51.9 Å².